The molecule has 1 aromatic heterocycles. The third kappa shape index (κ3) is 4.51. The maximum atomic E-state index is 13.9. The molecule has 0 unspecified atom stereocenters. The van der Waals surface area contributed by atoms with Crippen molar-refractivity contribution in [2.24, 2.45) is 0 Å². The van der Waals surface area contributed by atoms with Crippen LogP contribution in [0.1, 0.15) is 22.4 Å². The molecule has 1 aliphatic rings. The SMILES string of the molecule is Cc1c(/C=C2/NC(=O)N(CC(=O)Nc3ccccc3F)C2=O)c2ccccc2n1Cc1ccccc1C#N. The number of halogens is 1. The largest absolute Gasteiger partial charge is 0.340 e. The Morgan fingerprint density at radius 1 is 1.05 bits per heavy atom. The Hall–Kier alpha value is -5.23. The summed E-state index contributed by atoms with van der Waals surface area (Å²) in [5.41, 5.74) is 3.89. The van der Waals surface area contributed by atoms with E-state index in [2.05, 4.69) is 21.3 Å². The van der Waals surface area contributed by atoms with Crippen molar-refractivity contribution in [3.8, 4) is 6.07 Å². The van der Waals surface area contributed by atoms with Gasteiger partial charge in [-0.1, -0.05) is 48.5 Å². The Balaban J connectivity index is 1.44. The minimum Gasteiger partial charge on any atom is -0.340 e. The van der Waals surface area contributed by atoms with E-state index in [-0.39, 0.29) is 11.4 Å². The number of carbonyl (C=O) groups excluding carboxylic acids is 3. The van der Waals surface area contributed by atoms with E-state index in [0.29, 0.717) is 12.1 Å². The molecule has 4 amide bonds. The van der Waals surface area contributed by atoms with Gasteiger partial charge in [-0.05, 0) is 42.8 Å². The molecule has 8 nitrogen and oxygen atoms in total. The van der Waals surface area contributed by atoms with Gasteiger partial charge in [0.25, 0.3) is 5.91 Å². The van der Waals surface area contributed by atoms with Crippen molar-refractivity contribution >= 4 is 40.5 Å². The highest BCUT2D eigenvalue weighted by Crippen LogP contribution is 2.30. The number of urea groups is 1. The number of benzene rings is 3. The summed E-state index contributed by atoms with van der Waals surface area (Å²) in [5, 5.41) is 15.3. The van der Waals surface area contributed by atoms with E-state index >= 15 is 0 Å². The predicted octanol–water partition coefficient (Wildman–Crippen LogP) is 4.54. The third-order valence-corrected chi connectivity index (χ3v) is 6.45. The topological polar surface area (TPSA) is 107 Å². The predicted molar refractivity (Wildman–Crippen MR) is 140 cm³/mol. The van der Waals surface area contributed by atoms with Crippen LogP contribution in [0.25, 0.3) is 17.0 Å². The lowest BCUT2D eigenvalue weighted by molar-refractivity contribution is -0.127. The number of amides is 4. The molecule has 1 fully saturated rings. The molecule has 3 aromatic carbocycles. The lowest BCUT2D eigenvalue weighted by atomic mass is 10.1. The highest BCUT2D eigenvalue weighted by atomic mass is 19.1. The van der Waals surface area contributed by atoms with Crippen molar-refractivity contribution < 1.29 is 18.8 Å². The summed E-state index contributed by atoms with van der Waals surface area (Å²) >= 11 is 0. The number of hydrogen-bond acceptors (Lipinski definition) is 4. The number of fused-ring (bicyclic) bond motifs is 1. The van der Waals surface area contributed by atoms with E-state index < -0.39 is 30.2 Å². The van der Waals surface area contributed by atoms with Crippen molar-refractivity contribution in [2.45, 2.75) is 13.5 Å². The summed E-state index contributed by atoms with van der Waals surface area (Å²) in [5.74, 6) is -1.99. The van der Waals surface area contributed by atoms with Gasteiger partial charge in [0.1, 0.15) is 18.1 Å². The Bertz CT molecular complexity index is 1680. The fourth-order valence-electron chi connectivity index (χ4n) is 4.54. The van der Waals surface area contributed by atoms with Gasteiger partial charge in [0.2, 0.25) is 5.91 Å². The van der Waals surface area contributed by atoms with Crippen LogP contribution in [0.2, 0.25) is 0 Å². The molecule has 2 heterocycles. The fraction of sp³-hybridized carbons (Fsp3) is 0.103. The molecular formula is C29H22FN5O3. The van der Waals surface area contributed by atoms with Gasteiger partial charge in [-0.2, -0.15) is 5.26 Å². The molecule has 4 aromatic rings. The first kappa shape index (κ1) is 24.5. The molecule has 0 spiro atoms. The third-order valence-electron chi connectivity index (χ3n) is 6.45. The highest BCUT2D eigenvalue weighted by molar-refractivity contribution is 6.16. The van der Waals surface area contributed by atoms with Gasteiger partial charge in [0.15, 0.2) is 0 Å². The molecule has 2 N–H and O–H groups in total. The van der Waals surface area contributed by atoms with E-state index in [1.165, 1.54) is 18.2 Å². The zero-order valence-electron chi connectivity index (χ0n) is 20.4. The van der Waals surface area contributed by atoms with Gasteiger partial charge >= 0.3 is 6.03 Å². The maximum Gasteiger partial charge on any atom is 0.329 e. The molecule has 38 heavy (non-hydrogen) atoms. The van der Waals surface area contributed by atoms with Crippen LogP contribution in [0.4, 0.5) is 14.9 Å². The van der Waals surface area contributed by atoms with Gasteiger partial charge in [0.05, 0.1) is 17.3 Å². The van der Waals surface area contributed by atoms with Crippen molar-refractivity contribution in [3.63, 3.8) is 0 Å². The minimum atomic E-state index is -0.741. The number of carbonyl (C=O) groups is 3. The number of para-hydroxylation sites is 2. The molecule has 0 bridgehead atoms. The second kappa shape index (κ2) is 10.0. The molecule has 9 heteroatoms. The number of nitriles is 1. The van der Waals surface area contributed by atoms with Crippen LogP contribution in [0.3, 0.4) is 0 Å². The normalized spacial score (nSPS) is 14.1. The number of imide groups is 1. The van der Waals surface area contributed by atoms with Crippen LogP contribution in [-0.4, -0.2) is 33.9 Å². The van der Waals surface area contributed by atoms with E-state index in [9.17, 15) is 24.0 Å². The number of aromatic nitrogens is 1. The first-order chi connectivity index (χ1) is 18.4. The van der Waals surface area contributed by atoms with Crippen molar-refractivity contribution in [2.75, 3.05) is 11.9 Å². The van der Waals surface area contributed by atoms with Gasteiger partial charge in [-0.25, -0.2) is 14.1 Å². The Kier molecular flexibility index (Phi) is 6.46. The number of nitrogens with zero attached hydrogens (tertiary/aromatic N) is 3. The van der Waals surface area contributed by atoms with Crippen LogP contribution < -0.4 is 10.6 Å². The first-order valence-electron chi connectivity index (χ1n) is 11.8. The summed E-state index contributed by atoms with van der Waals surface area (Å²) in [7, 11) is 0. The Labute approximate surface area is 217 Å². The van der Waals surface area contributed by atoms with Crippen LogP contribution in [-0.2, 0) is 16.1 Å². The molecule has 1 saturated heterocycles. The summed E-state index contributed by atoms with van der Waals surface area (Å²) in [6, 6.07) is 22.1. The van der Waals surface area contributed by atoms with Crippen LogP contribution in [0.5, 0.6) is 0 Å². The quantitative estimate of drug-likeness (QED) is 0.295. The minimum absolute atomic E-state index is 0.0251. The second-order valence-corrected chi connectivity index (χ2v) is 8.78. The standard InChI is InChI=1S/C29H22FN5O3/c1-18-22(21-10-4-7-13-26(21)34(18)16-20-9-3-2-8-19(20)15-31)14-25-28(37)35(29(38)33-25)17-27(36)32-24-12-6-5-11-23(24)30/h2-14H,16-17H2,1H3,(H,32,36)(H,33,38)/b25-14+. The van der Waals surface area contributed by atoms with E-state index in [1.54, 1.807) is 18.2 Å². The smallest absolute Gasteiger partial charge is 0.329 e. The monoisotopic (exact) mass is 507 g/mol. The zero-order valence-corrected chi connectivity index (χ0v) is 20.4. The van der Waals surface area contributed by atoms with Crippen LogP contribution in [0, 0.1) is 24.1 Å². The number of rotatable bonds is 6. The number of anilines is 1. The highest BCUT2D eigenvalue weighted by Gasteiger charge is 2.35. The van der Waals surface area contributed by atoms with E-state index in [4.69, 9.17) is 0 Å². The van der Waals surface area contributed by atoms with Crippen molar-refractivity contribution in [1.82, 2.24) is 14.8 Å². The molecule has 1 aliphatic heterocycles. The lowest BCUT2D eigenvalue weighted by Gasteiger charge is -2.12. The number of nitrogens with one attached hydrogen (secondary N) is 2. The molecule has 188 valence electrons. The van der Waals surface area contributed by atoms with Gasteiger partial charge in [-0.15, -0.1) is 0 Å². The average Bonchev–Trinajstić information content (AvgIpc) is 3.33. The zero-order chi connectivity index (χ0) is 26.8. The van der Waals surface area contributed by atoms with Gasteiger partial charge in [0, 0.05) is 28.7 Å². The van der Waals surface area contributed by atoms with E-state index in [1.807, 2.05) is 49.4 Å². The maximum absolute atomic E-state index is 13.9. The average molecular weight is 508 g/mol. The van der Waals surface area contributed by atoms with Crippen molar-refractivity contribution in [3.05, 3.63) is 107 Å². The first-order valence-corrected chi connectivity index (χ1v) is 11.8. The second-order valence-electron chi connectivity index (χ2n) is 8.78. The molecule has 0 saturated carbocycles. The lowest BCUT2D eigenvalue weighted by Crippen LogP contribution is -2.38. The van der Waals surface area contributed by atoms with Crippen LogP contribution >= 0.6 is 0 Å². The Morgan fingerprint density at radius 2 is 1.76 bits per heavy atom. The van der Waals surface area contributed by atoms with Crippen molar-refractivity contribution in [1.29, 1.82) is 5.26 Å². The molecular weight excluding hydrogens is 485 g/mol. The molecule has 0 aliphatic carbocycles. The molecule has 0 atom stereocenters. The molecule has 0 radical (unpaired) electrons. The van der Waals surface area contributed by atoms with Gasteiger partial charge in [-0.3, -0.25) is 9.59 Å². The summed E-state index contributed by atoms with van der Waals surface area (Å²) in [6.07, 6.45) is 1.60. The summed E-state index contributed by atoms with van der Waals surface area (Å²) in [6.45, 7) is 1.78. The summed E-state index contributed by atoms with van der Waals surface area (Å²) < 4.78 is 15.9. The molecule has 5 rings (SSSR count). The van der Waals surface area contributed by atoms with Gasteiger partial charge < -0.3 is 15.2 Å². The van der Waals surface area contributed by atoms with E-state index in [0.717, 1.165) is 32.6 Å². The summed E-state index contributed by atoms with van der Waals surface area (Å²) in [4.78, 5) is 38.9. The van der Waals surface area contributed by atoms with Crippen LogP contribution in [0.15, 0.2) is 78.5 Å². The number of hydrogen-bond donors (Lipinski definition) is 2. The Morgan fingerprint density at radius 3 is 2.55 bits per heavy atom. The fourth-order valence-corrected chi connectivity index (χ4v) is 4.54.